The summed E-state index contributed by atoms with van der Waals surface area (Å²) in [6.45, 7) is 1.58. The smallest absolute Gasteiger partial charge is 0.326 e. The number of urea groups is 1. The zero-order chi connectivity index (χ0) is 24.6. The van der Waals surface area contributed by atoms with Gasteiger partial charge >= 0.3 is 6.03 Å². The van der Waals surface area contributed by atoms with Crippen LogP contribution in [0.2, 0.25) is 0 Å². The van der Waals surface area contributed by atoms with Gasteiger partial charge in [-0.1, -0.05) is 54.6 Å². The third-order valence-electron chi connectivity index (χ3n) is 6.93. The quantitative estimate of drug-likeness (QED) is 0.540. The molecule has 2 atom stereocenters. The number of nitrogens with zero attached hydrogens (tertiary/aromatic N) is 1. The molecule has 4 amide bonds. The minimum atomic E-state index is -1.16. The Morgan fingerprint density at radius 3 is 2.57 bits per heavy atom. The van der Waals surface area contributed by atoms with Crippen LogP contribution in [0.15, 0.2) is 72.8 Å². The molecular formula is C28H27N3O4. The fourth-order valence-electron chi connectivity index (χ4n) is 5.11. The molecule has 3 aromatic rings. The first-order chi connectivity index (χ1) is 16.9. The van der Waals surface area contributed by atoms with E-state index in [-0.39, 0.29) is 0 Å². The zero-order valence-corrected chi connectivity index (χ0v) is 19.7. The van der Waals surface area contributed by atoms with Gasteiger partial charge in [-0.25, -0.2) is 9.69 Å². The van der Waals surface area contributed by atoms with E-state index in [1.54, 1.807) is 20.1 Å². The van der Waals surface area contributed by atoms with Crippen molar-refractivity contribution in [2.45, 2.75) is 37.8 Å². The molecule has 7 nitrogen and oxygen atoms in total. The van der Waals surface area contributed by atoms with Crippen molar-refractivity contribution in [2.24, 2.45) is 0 Å². The lowest BCUT2D eigenvalue weighted by Gasteiger charge is -2.34. The van der Waals surface area contributed by atoms with E-state index in [1.807, 2.05) is 66.7 Å². The molecule has 0 unspecified atom stereocenters. The van der Waals surface area contributed by atoms with Gasteiger partial charge in [-0.3, -0.25) is 9.59 Å². The van der Waals surface area contributed by atoms with E-state index in [4.69, 9.17) is 4.74 Å². The molecule has 0 radical (unpaired) electrons. The second kappa shape index (κ2) is 8.91. The summed E-state index contributed by atoms with van der Waals surface area (Å²) in [5.41, 5.74) is 3.02. The van der Waals surface area contributed by atoms with Gasteiger partial charge in [0.1, 0.15) is 17.3 Å². The van der Waals surface area contributed by atoms with Crippen LogP contribution in [0.3, 0.4) is 0 Å². The second-order valence-corrected chi connectivity index (χ2v) is 8.96. The number of imide groups is 1. The predicted molar refractivity (Wildman–Crippen MR) is 133 cm³/mol. The van der Waals surface area contributed by atoms with Crippen molar-refractivity contribution in [1.82, 2.24) is 10.2 Å². The van der Waals surface area contributed by atoms with Crippen LogP contribution in [-0.2, 0) is 21.5 Å². The van der Waals surface area contributed by atoms with E-state index in [0.29, 0.717) is 17.9 Å². The van der Waals surface area contributed by atoms with E-state index in [1.165, 1.54) is 0 Å². The molecule has 1 aliphatic carbocycles. The van der Waals surface area contributed by atoms with Gasteiger partial charge in [0.2, 0.25) is 5.91 Å². The maximum Gasteiger partial charge on any atom is 0.326 e. The molecule has 178 valence electrons. The highest BCUT2D eigenvalue weighted by Gasteiger charge is 2.56. The van der Waals surface area contributed by atoms with E-state index in [2.05, 4.69) is 10.6 Å². The number of rotatable bonds is 5. The summed E-state index contributed by atoms with van der Waals surface area (Å²) in [5.74, 6) is -0.119. The van der Waals surface area contributed by atoms with Crippen LogP contribution in [0.5, 0.6) is 5.75 Å². The molecule has 1 fully saturated rings. The minimum absolute atomic E-state index is 0.396. The van der Waals surface area contributed by atoms with Crippen molar-refractivity contribution in [3.05, 3.63) is 83.9 Å². The van der Waals surface area contributed by atoms with E-state index in [9.17, 15) is 14.4 Å². The van der Waals surface area contributed by atoms with Gasteiger partial charge in [-0.2, -0.15) is 0 Å². The van der Waals surface area contributed by atoms with Crippen LogP contribution in [0.4, 0.5) is 10.5 Å². The summed E-state index contributed by atoms with van der Waals surface area (Å²) >= 11 is 0. The molecule has 0 saturated carbocycles. The maximum atomic E-state index is 13.7. The predicted octanol–water partition coefficient (Wildman–Crippen LogP) is 4.47. The lowest BCUT2D eigenvalue weighted by Crippen LogP contribution is -2.49. The highest BCUT2D eigenvalue weighted by molar-refractivity contribution is 6.12. The molecule has 2 aliphatic rings. The fraction of sp³-hybridized carbons (Fsp3) is 0.250. The number of ether oxygens (including phenoxy) is 1. The molecule has 35 heavy (non-hydrogen) atoms. The Labute approximate surface area is 204 Å². The van der Waals surface area contributed by atoms with Gasteiger partial charge < -0.3 is 15.4 Å². The zero-order valence-electron chi connectivity index (χ0n) is 19.7. The summed E-state index contributed by atoms with van der Waals surface area (Å²) in [4.78, 5) is 41.1. The van der Waals surface area contributed by atoms with Gasteiger partial charge in [0.25, 0.3) is 5.91 Å². The Balaban J connectivity index is 1.41. The first-order valence-electron chi connectivity index (χ1n) is 11.7. The normalized spacial score (nSPS) is 19.8. The molecule has 3 aromatic carbocycles. The van der Waals surface area contributed by atoms with Gasteiger partial charge in [-0.15, -0.1) is 0 Å². The Kier molecular flexibility index (Phi) is 5.76. The van der Waals surface area contributed by atoms with Crippen molar-refractivity contribution >= 4 is 23.5 Å². The van der Waals surface area contributed by atoms with Crippen molar-refractivity contribution in [3.8, 4) is 16.9 Å². The summed E-state index contributed by atoms with van der Waals surface area (Å²) in [5, 5.41) is 5.84. The molecule has 7 heteroatoms. The monoisotopic (exact) mass is 469 g/mol. The van der Waals surface area contributed by atoms with Gasteiger partial charge in [0.15, 0.2) is 0 Å². The Hall–Kier alpha value is -4.13. The number of amides is 4. The number of benzene rings is 3. The van der Waals surface area contributed by atoms with Crippen LogP contribution in [0.1, 0.15) is 30.9 Å². The number of para-hydroxylation sites is 1. The standard InChI is InChI=1S/C28H27N3O4/c1-18(25(32)29-24-13-7-6-12-22(24)19-9-4-3-5-10-19)31-26(33)28(30-27(31)34)16-8-11-20-17-21(35-2)14-15-23(20)28/h3-7,9-10,12-15,17-18H,8,11,16H2,1-2H3,(H,29,32)(H,30,34)/t18-,28+/m0/s1. The number of nitrogens with one attached hydrogen (secondary N) is 2. The van der Waals surface area contributed by atoms with E-state index < -0.39 is 29.4 Å². The third kappa shape index (κ3) is 3.83. The fourth-order valence-corrected chi connectivity index (χ4v) is 5.11. The third-order valence-corrected chi connectivity index (χ3v) is 6.93. The first-order valence-corrected chi connectivity index (χ1v) is 11.7. The number of methoxy groups -OCH3 is 1. The molecule has 0 bridgehead atoms. The Morgan fingerprint density at radius 1 is 1.06 bits per heavy atom. The van der Waals surface area contributed by atoms with Crippen LogP contribution in [0.25, 0.3) is 11.1 Å². The molecular weight excluding hydrogens is 442 g/mol. The highest BCUT2D eigenvalue weighted by atomic mass is 16.5. The van der Waals surface area contributed by atoms with Gasteiger partial charge in [0.05, 0.1) is 7.11 Å². The van der Waals surface area contributed by atoms with Crippen LogP contribution in [0, 0.1) is 0 Å². The van der Waals surface area contributed by atoms with Crippen LogP contribution < -0.4 is 15.4 Å². The molecule has 1 spiro atoms. The second-order valence-electron chi connectivity index (χ2n) is 8.96. The molecule has 1 saturated heterocycles. The van der Waals surface area contributed by atoms with Gasteiger partial charge in [-0.05, 0) is 61.1 Å². The average Bonchev–Trinajstić information content (AvgIpc) is 3.13. The average molecular weight is 470 g/mol. The lowest BCUT2D eigenvalue weighted by molar-refractivity contribution is -0.137. The largest absolute Gasteiger partial charge is 0.497 e. The topological polar surface area (TPSA) is 87.7 Å². The Bertz CT molecular complexity index is 1310. The lowest BCUT2D eigenvalue weighted by atomic mass is 9.76. The summed E-state index contributed by atoms with van der Waals surface area (Å²) in [7, 11) is 1.60. The number of carbonyl (C=O) groups excluding carboxylic acids is 3. The number of hydrogen-bond acceptors (Lipinski definition) is 4. The van der Waals surface area contributed by atoms with Crippen molar-refractivity contribution in [2.75, 3.05) is 12.4 Å². The Morgan fingerprint density at radius 2 is 1.80 bits per heavy atom. The van der Waals surface area contributed by atoms with Gasteiger partial charge in [0, 0.05) is 11.3 Å². The van der Waals surface area contributed by atoms with E-state index >= 15 is 0 Å². The number of fused-ring (bicyclic) bond motifs is 2. The molecule has 1 aliphatic heterocycles. The molecule has 0 aromatic heterocycles. The van der Waals surface area contributed by atoms with Crippen LogP contribution >= 0.6 is 0 Å². The first kappa shape index (κ1) is 22.7. The molecule has 1 heterocycles. The van der Waals surface area contributed by atoms with E-state index in [0.717, 1.165) is 40.0 Å². The summed E-state index contributed by atoms with van der Waals surface area (Å²) in [6.07, 6.45) is 2.02. The summed E-state index contributed by atoms with van der Waals surface area (Å²) in [6, 6.07) is 21.2. The number of hydrogen-bond donors (Lipinski definition) is 2. The van der Waals surface area contributed by atoms with Crippen molar-refractivity contribution < 1.29 is 19.1 Å². The minimum Gasteiger partial charge on any atom is -0.497 e. The SMILES string of the molecule is COc1ccc2c(c1)CCC[C@@]21NC(=O)N([C@@H](C)C(=O)Nc2ccccc2-c2ccccc2)C1=O. The molecule has 5 rings (SSSR count). The van der Waals surface area contributed by atoms with Crippen molar-refractivity contribution in [1.29, 1.82) is 0 Å². The number of aryl methyl sites for hydroxylation is 1. The van der Waals surface area contributed by atoms with Crippen LogP contribution in [-0.4, -0.2) is 35.9 Å². The number of carbonyl (C=O) groups is 3. The van der Waals surface area contributed by atoms with Crippen molar-refractivity contribution in [3.63, 3.8) is 0 Å². The highest BCUT2D eigenvalue weighted by Crippen LogP contribution is 2.41. The summed E-state index contributed by atoms with van der Waals surface area (Å²) < 4.78 is 5.33. The maximum absolute atomic E-state index is 13.7. The molecule has 2 N–H and O–H groups in total. The number of anilines is 1.